The van der Waals surface area contributed by atoms with Gasteiger partial charge in [-0.05, 0) is 6.42 Å². The van der Waals surface area contributed by atoms with Crippen molar-refractivity contribution < 1.29 is 5.11 Å². The van der Waals surface area contributed by atoms with Crippen LogP contribution in [0.2, 0.25) is 0 Å². The van der Waals surface area contributed by atoms with E-state index in [1.807, 2.05) is 12.3 Å². The van der Waals surface area contributed by atoms with Crippen LogP contribution < -0.4 is 5.73 Å². The number of thiazole rings is 1. The molecule has 0 spiro atoms. The Hall–Kier alpha value is -0.450. The molecule has 0 saturated carbocycles. The van der Waals surface area contributed by atoms with Crippen molar-refractivity contribution in [1.82, 2.24) is 4.98 Å². The molecule has 0 aromatic carbocycles. The van der Waals surface area contributed by atoms with E-state index in [4.69, 9.17) is 5.73 Å². The Morgan fingerprint density at radius 3 is 3.00 bits per heavy atom. The molecule has 62 valence electrons. The standard InChI is InChI=1S/C7H12N2OS/c1-2-7-9-5(4-11-7)6(10)3-8/h4,6,10H,2-3,8H2,1H3. The summed E-state index contributed by atoms with van der Waals surface area (Å²) in [6, 6.07) is 0. The van der Waals surface area contributed by atoms with E-state index in [1.54, 1.807) is 11.3 Å². The molecule has 0 fully saturated rings. The van der Waals surface area contributed by atoms with Crippen molar-refractivity contribution >= 4 is 11.3 Å². The number of hydrogen-bond donors (Lipinski definition) is 2. The van der Waals surface area contributed by atoms with Crippen LogP contribution in [-0.2, 0) is 6.42 Å². The lowest BCUT2D eigenvalue weighted by Crippen LogP contribution is -2.11. The summed E-state index contributed by atoms with van der Waals surface area (Å²) in [5, 5.41) is 12.2. The Balaban J connectivity index is 2.71. The van der Waals surface area contributed by atoms with Crippen LogP contribution in [0.15, 0.2) is 5.38 Å². The maximum Gasteiger partial charge on any atom is 0.109 e. The van der Waals surface area contributed by atoms with E-state index in [1.165, 1.54) is 0 Å². The molecule has 0 saturated heterocycles. The van der Waals surface area contributed by atoms with E-state index in [-0.39, 0.29) is 6.54 Å². The first kappa shape index (κ1) is 8.64. The van der Waals surface area contributed by atoms with Crippen LogP contribution in [0.25, 0.3) is 0 Å². The van der Waals surface area contributed by atoms with E-state index in [0.717, 1.165) is 11.4 Å². The van der Waals surface area contributed by atoms with E-state index in [9.17, 15) is 5.11 Å². The first-order chi connectivity index (χ1) is 5.27. The van der Waals surface area contributed by atoms with Crippen molar-refractivity contribution in [2.45, 2.75) is 19.4 Å². The Morgan fingerprint density at radius 2 is 2.55 bits per heavy atom. The van der Waals surface area contributed by atoms with Gasteiger partial charge in [0.15, 0.2) is 0 Å². The summed E-state index contributed by atoms with van der Waals surface area (Å²) < 4.78 is 0. The zero-order chi connectivity index (χ0) is 8.27. The third kappa shape index (κ3) is 1.99. The lowest BCUT2D eigenvalue weighted by molar-refractivity contribution is 0.182. The minimum atomic E-state index is -0.591. The average molecular weight is 172 g/mol. The van der Waals surface area contributed by atoms with Crippen LogP contribution in [0, 0.1) is 0 Å². The van der Waals surface area contributed by atoms with Crippen molar-refractivity contribution in [3.05, 3.63) is 16.1 Å². The van der Waals surface area contributed by atoms with E-state index in [2.05, 4.69) is 4.98 Å². The fraction of sp³-hybridized carbons (Fsp3) is 0.571. The Kier molecular flexibility index (Phi) is 2.99. The van der Waals surface area contributed by atoms with Crippen molar-refractivity contribution in [2.24, 2.45) is 5.73 Å². The maximum absolute atomic E-state index is 9.26. The minimum Gasteiger partial charge on any atom is -0.385 e. The van der Waals surface area contributed by atoms with Crippen LogP contribution in [0.3, 0.4) is 0 Å². The zero-order valence-electron chi connectivity index (χ0n) is 6.45. The van der Waals surface area contributed by atoms with Gasteiger partial charge in [0, 0.05) is 11.9 Å². The molecule has 3 nitrogen and oxygen atoms in total. The van der Waals surface area contributed by atoms with E-state index >= 15 is 0 Å². The van der Waals surface area contributed by atoms with Gasteiger partial charge in [0.1, 0.15) is 6.10 Å². The lowest BCUT2D eigenvalue weighted by atomic mass is 10.3. The minimum absolute atomic E-state index is 0.243. The molecule has 1 unspecified atom stereocenters. The topological polar surface area (TPSA) is 59.1 Å². The van der Waals surface area contributed by atoms with E-state index in [0.29, 0.717) is 5.69 Å². The van der Waals surface area contributed by atoms with Gasteiger partial charge in [-0.1, -0.05) is 6.92 Å². The summed E-state index contributed by atoms with van der Waals surface area (Å²) in [5.41, 5.74) is 5.97. The number of nitrogens with zero attached hydrogens (tertiary/aromatic N) is 1. The van der Waals surface area contributed by atoms with E-state index < -0.39 is 6.10 Å². The molecule has 1 heterocycles. The summed E-state index contributed by atoms with van der Waals surface area (Å²) in [7, 11) is 0. The van der Waals surface area contributed by atoms with Gasteiger partial charge in [-0.3, -0.25) is 0 Å². The number of aromatic nitrogens is 1. The molecule has 0 amide bonds. The molecule has 1 rings (SSSR count). The molecule has 3 N–H and O–H groups in total. The smallest absolute Gasteiger partial charge is 0.109 e. The number of aliphatic hydroxyl groups is 1. The molecule has 4 heteroatoms. The van der Waals surface area contributed by atoms with Crippen LogP contribution >= 0.6 is 11.3 Å². The molecule has 1 atom stereocenters. The van der Waals surface area contributed by atoms with Gasteiger partial charge in [0.25, 0.3) is 0 Å². The predicted octanol–water partition coefficient (Wildman–Crippen LogP) is 0.698. The van der Waals surface area contributed by atoms with Gasteiger partial charge in [0.05, 0.1) is 10.7 Å². The fourth-order valence-corrected chi connectivity index (χ4v) is 1.55. The third-order valence-corrected chi connectivity index (χ3v) is 2.45. The van der Waals surface area contributed by atoms with Gasteiger partial charge in [-0.15, -0.1) is 11.3 Å². The first-order valence-corrected chi connectivity index (χ1v) is 4.48. The number of hydrogen-bond acceptors (Lipinski definition) is 4. The van der Waals surface area contributed by atoms with Crippen molar-refractivity contribution in [3.8, 4) is 0 Å². The normalized spacial score (nSPS) is 13.4. The summed E-state index contributed by atoms with van der Waals surface area (Å²) in [6.45, 7) is 2.28. The second kappa shape index (κ2) is 3.80. The molecule has 0 aliphatic rings. The Labute approximate surface area is 69.9 Å². The van der Waals surface area contributed by atoms with Crippen LogP contribution in [0.1, 0.15) is 23.7 Å². The number of nitrogens with two attached hydrogens (primary N) is 1. The molecule has 1 aromatic heterocycles. The van der Waals surface area contributed by atoms with Gasteiger partial charge in [0.2, 0.25) is 0 Å². The van der Waals surface area contributed by atoms with Crippen molar-refractivity contribution in [2.75, 3.05) is 6.54 Å². The second-order valence-electron chi connectivity index (χ2n) is 2.27. The molecule has 0 radical (unpaired) electrons. The van der Waals surface area contributed by atoms with Crippen molar-refractivity contribution in [3.63, 3.8) is 0 Å². The number of rotatable bonds is 3. The molecular weight excluding hydrogens is 160 g/mol. The highest BCUT2D eigenvalue weighted by Crippen LogP contribution is 2.15. The fourth-order valence-electron chi connectivity index (χ4n) is 0.761. The lowest BCUT2D eigenvalue weighted by Gasteiger charge is -2.01. The summed E-state index contributed by atoms with van der Waals surface area (Å²) in [4.78, 5) is 4.19. The summed E-state index contributed by atoms with van der Waals surface area (Å²) in [5.74, 6) is 0. The highest BCUT2D eigenvalue weighted by atomic mass is 32.1. The van der Waals surface area contributed by atoms with Gasteiger partial charge < -0.3 is 10.8 Å². The molecule has 0 aliphatic heterocycles. The van der Waals surface area contributed by atoms with Crippen LogP contribution in [0.4, 0.5) is 0 Å². The SMILES string of the molecule is CCc1nc(C(O)CN)cs1. The van der Waals surface area contributed by atoms with Crippen molar-refractivity contribution in [1.29, 1.82) is 0 Å². The third-order valence-electron chi connectivity index (χ3n) is 1.44. The molecule has 11 heavy (non-hydrogen) atoms. The molecule has 0 bridgehead atoms. The summed E-state index contributed by atoms with van der Waals surface area (Å²) >= 11 is 1.57. The number of aliphatic hydroxyl groups excluding tert-OH is 1. The average Bonchev–Trinajstić information content (AvgIpc) is 2.50. The maximum atomic E-state index is 9.26. The zero-order valence-corrected chi connectivity index (χ0v) is 7.27. The summed E-state index contributed by atoms with van der Waals surface area (Å²) in [6.07, 6.45) is 0.327. The molecular formula is C7H12N2OS. The first-order valence-electron chi connectivity index (χ1n) is 3.60. The highest BCUT2D eigenvalue weighted by molar-refractivity contribution is 7.09. The van der Waals surface area contributed by atoms with Gasteiger partial charge >= 0.3 is 0 Å². The van der Waals surface area contributed by atoms with Crippen LogP contribution in [-0.4, -0.2) is 16.6 Å². The quantitative estimate of drug-likeness (QED) is 0.705. The monoisotopic (exact) mass is 172 g/mol. The molecule has 0 aliphatic carbocycles. The predicted molar refractivity (Wildman–Crippen MR) is 45.5 cm³/mol. The largest absolute Gasteiger partial charge is 0.385 e. The van der Waals surface area contributed by atoms with Gasteiger partial charge in [-0.25, -0.2) is 4.98 Å². The highest BCUT2D eigenvalue weighted by Gasteiger charge is 2.08. The van der Waals surface area contributed by atoms with Crippen LogP contribution in [0.5, 0.6) is 0 Å². The number of aryl methyl sites for hydroxylation is 1. The Morgan fingerprint density at radius 1 is 1.82 bits per heavy atom. The molecule has 1 aromatic rings. The van der Waals surface area contributed by atoms with Gasteiger partial charge in [-0.2, -0.15) is 0 Å². The second-order valence-corrected chi connectivity index (χ2v) is 3.21. The Bertz CT molecular complexity index is 224.